The minimum absolute atomic E-state index is 0. The van der Waals surface area contributed by atoms with Gasteiger partial charge in [-0.3, -0.25) is 4.68 Å². The van der Waals surface area contributed by atoms with Gasteiger partial charge in [-0.2, -0.15) is 17.2 Å². The Labute approximate surface area is 276 Å². The summed E-state index contributed by atoms with van der Waals surface area (Å²) in [7, 11) is 0. The van der Waals surface area contributed by atoms with Crippen LogP contribution in [0.2, 0.25) is 0 Å². The molecule has 3 heterocycles. The molecular weight excluding hydrogens is 743 g/mol. The maximum Gasteiger partial charge on any atom is 2.00 e. The SMILES string of the molecule is CCC(C)c1ccc2c(c1)c1ccc(Oc3[c-]c(-n4nc(C)c(-c5ccccc5)c4C)ccc3)[c-]c1n2-c1cc(F)ccn1.[Pt+2]. The van der Waals surface area contributed by atoms with E-state index >= 15 is 0 Å². The van der Waals surface area contributed by atoms with Gasteiger partial charge in [0, 0.05) is 40.5 Å². The van der Waals surface area contributed by atoms with E-state index in [0.29, 0.717) is 23.2 Å². The molecule has 0 aliphatic rings. The summed E-state index contributed by atoms with van der Waals surface area (Å²) in [5.74, 6) is 1.62. The molecule has 7 rings (SSSR count). The molecule has 0 N–H and O–H groups in total. The minimum atomic E-state index is -0.348. The van der Waals surface area contributed by atoms with Crippen LogP contribution in [0.15, 0.2) is 97.2 Å². The monoisotopic (exact) mass is 773 g/mol. The number of nitrogens with zero attached hydrogens (tertiary/aromatic N) is 4. The molecule has 0 bridgehead atoms. The van der Waals surface area contributed by atoms with Gasteiger partial charge in [0.15, 0.2) is 0 Å². The van der Waals surface area contributed by atoms with Crippen LogP contribution in [0.25, 0.3) is 44.4 Å². The zero-order chi connectivity index (χ0) is 30.4. The zero-order valence-electron chi connectivity index (χ0n) is 25.4. The van der Waals surface area contributed by atoms with Crippen molar-refractivity contribution in [1.82, 2.24) is 19.3 Å². The molecule has 0 radical (unpaired) electrons. The minimum Gasteiger partial charge on any atom is -0.509 e. The molecule has 0 amide bonds. The number of hydrogen-bond donors (Lipinski definition) is 0. The Balaban J connectivity index is 0.00000357. The number of halogens is 1. The fourth-order valence-corrected chi connectivity index (χ4v) is 5.94. The Hall–Kier alpha value is -4.54. The molecule has 0 aliphatic carbocycles. The van der Waals surface area contributed by atoms with Crippen LogP contribution in [0.1, 0.15) is 43.1 Å². The molecule has 0 saturated heterocycles. The van der Waals surface area contributed by atoms with Gasteiger partial charge < -0.3 is 9.30 Å². The van der Waals surface area contributed by atoms with Crippen molar-refractivity contribution in [3.8, 4) is 34.1 Å². The van der Waals surface area contributed by atoms with Crippen molar-refractivity contribution in [2.45, 2.75) is 40.0 Å². The van der Waals surface area contributed by atoms with Crippen LogP contribution in [0.4, 0.5) is 4.39 Å². The topological polar surface area (TPSA) is 44.9 Å². The van der Waals surface area contributed by atoms with E-state index in [1.165, 1.54) is 23.9 Å². The average Bonchev–Trinajstić information content (AvgIpc) is 3.53. The van der Waals surface area contributed by atoms with Gasteiger partial charge in [-0.05, 0) is 60.5 Å². The molecule has 7 heteroatoms. The van der Waals surface area contributed by atoms with Gasteiger partial charge in [-0.25, -0.2) is 9.37 Å². The van der Waals surface area contributed by atoms with E-state index in [9.17, 15) is 4.39 Å². The molecule has 0 saturated carbocycles. The molecule has 0 fully saturated rings. The van der Waals surface area contributed by atoms with E-state index in [-0.39, 0.29) is 26.9 Å². The molecule has 3 aromatic heterocycles. The van der Waals surface area contributed by atoms with Gasteiger partial charge in [0.05, 0.1) is 5.69 Å². The van der Waals surface area contributed by atoms with Crippen molar-refractivity contribution in [2.24, 2.45) is 0 Å². The number of ether oxygens (including phenoxy) is 1. The zero-order valence-corrected chi connectivity index (χ0v) is 27.7. The fraction of sp³-hybridized carbons (Fsp3) is 0.158. The molecule has 1 unspecified atom stereocenters. The van der Waals surface area contributed by atoms with E-state index in [4.69, 9.17) is 9.84 Å². The quantitative estimate of drug-likeness (QED) is 0.152. The van der Waals surface area contributed by atoms with Gasteiger partial charge in [0.2, 0.25) is 0 Å². The summed E-state index contributed by atoms with van der Waals surface area (Å²) < 4.78 is 24.6. The number of rotatable bonds is 7. The third-order valence-electron chi connectivity index (χ3n) is 8.35. The van der Waals surface area contributed by atoms with Crippen molar-refractivity contribution < 1.29 is 30.2 Å². The maximum atomic E-state index is 14.4. The van der Waals surface area contributed by atoms with Gasteiger partial charge in [0.25, 0.3) is 0 Å². The summed E-state index contributed by atoms with van der Waals surface area (Å²) in [5.41, 5.74) is 7.95. The van der Waals surface area contributed by atoms with Crippen LogP contribution >= 0.6 is 0 Å². The Morgan fingerprint density at radius 3 is 2.44 bits per heavy atom. The second-order valence-electron chi connectivity index (χ2n) is 11.2. The molecule has 0 aliphatic heterocycles. The van der Waals surface area contributed by atoms with Crippen LogP contribution in [0, 0.1) is 31.8 Å². The van der Waals surface area contributed by atoms with E-state index in [1.807, 2.05) is 64.7 Å². The van der Waals surface area contributed by atoms with Crippen molar-refractivity contribution in [1.29, 1.82) is 0 Å². The average molecular weight is 774 g/mol. The first kappa shape index (κ1) is 30.5. The Morgan fingerprint density at radius 1 is 0.867 bits per heavy atom. The number of aryl methyl sites for hydroxylation is 1. The summed E-state index contributed by atoms with van der Waals surface area (Å²) in [4.78, 5) is 4.50. The van der Waals surface area contributed by atoms with Gasteiger partial charge in [-0.1, -0.05) is 61.8 Å². The molecule has 0 spiro atoms. The molecule has 7 aromatic rings. The first-order valence-corrected chi connectivity index (χ1v) is 14.9. The summed E-state index contributed by atoms with van der Waals surface area (Å²) in [6, 6.07) is 36.1. The van der Waals surface area contributed by atoms with Crippen molar-refractivity contribution in [3.05, 3.63) is 132 Å². The Morgan fingerprint density at radius 2 is 1.67 bits per heavy atom. The van der Waals surface area contributed by atoms with Gasteiger partial charge >= 0.3 is 21.1 Å². The van der Waals surface area contributed by atoms with E-state index in [1.54, 1.807) is 0 Å². The molecular formula is C38H31FN4OPt. The van der Waals surface area contributed by atoms with Crippen molar-refractivity contribution in [2.75, 3.05) is 0 Å². The second-order valence-corrected chi connectivity index (χ2v) is 11.2. The summed E-state index contributed by atoms with van der Waals surface area (Å²) in [6.07, 6.45) is 2.53. The van der Waals surface area contributed by atoms with Crippen LogP contribution in [-0.2, 0) is 21.1 Å². The second kappa shape index (κ2) is 12.5. The summed E-state index contributed by atoms with van der Waals surface area (Å²) in [5, 5.41) is 6.90. The third-order valence-corrected chi connectivity index (χ3v) is 8.35. The van der Waals surface area contributed by atoms with Crippen molar-refractivity contribution >= 4 is 21.8 Å². The normalized spacial score (nSPS) is 11.9. The standard InChI is InChI=1S/C38H31FN4O.Pt/c1-5-24(2)28-14-17-35-34(20-28)33-16-15-32(23-36(33)42(35)37-21-29(39)18-19-40-37)44-31-13-9-12-30(22-31)43-26(4)38(25(3)41-43)27-10-7-6-8-11-27;/h6-21,24H,5H2,1-4H3;/q-2;+2. The van der Waals surface area contributed by atoms with E-state index in [0.717, 1.165) is 56.4 Å². The Bertz CT molecular complexity index is 2150. The molecule has 226 valence electrons. The smallest absolute Gasteiger partial charge is 0.509 e. The summed E-state index contributed by atoms with van der Waals surface area (Å²) >= 11 is 0. The molecule has 5 nitrogen and oxygen atoms in total. The number of benzene rings is 4. The molecule has 1 atom stereocenters. The van der Waals surface area contributed by atoms with Crippen LogP contribution in [0.3, 0.4) is 0 Å². The first-order valence-electron chi connectivity index (χ1n) is 14.9. The third kappa shape index (κ3) is 5.60. The molecule has 4 aromatic carbocycles. The number of fused-ring (bicyclic) bond motifs is 3. The first-order chi connectivity index (χ1) is 21.4. The van der Waals surface area contributed by atoms with Crippen LogP contribution in [0.5, 0.6) is 11.5 Å². The van der Waals surface area contributed by atoms with Crippen molar-refractivity contribution in [3.63, 3.8) is 0 Å². The maximum absolute atomic E-state index is 14.4. The number of aromatic nitrogens is 4. The summed E-state index contributed by atoms with van der Waals surface area (Å²) in [6.45, 7) is 8.51. The largest absolute Gasteiger partial charge is 2.00 e. The van der Waals surface area contributed by atoms with E-state index in [2.05, 4.69) is 68.2 Å². The predicted octanol–water partition coefficient (Wildman–Crippen LogP) is 9.69. The molecule has 45 heavy (non-hydrogen) atoms. The number of hydrogen-bond acceptors (Lipinski definition) is 3. The Kier molecular flexibility index (Phi) is 8.44. The van der Waals surface area contributed by atoms with Crippen LogP contribution in [-0.4, -0.2) is 19.3 Å². The van der Waals surface area contributed by atoms with Crippen LogP contribution < -0.4 is 4.74 Å². The fourth-order valence-electron chi connectivity index (χ4n) is 5.94. The van der Waals surface area contributed by atoms with E-state index < -0.39 is 0 Å². The number of pyridine rings is 1. The predicted molar refractivity (Wildman–Crippen MR) is 173 cm³/mol. The van der Waals surface area contributed by atoms with Gasteiger partial charge in [0.1, 0.15) is 11.6 Å². The van der Waals surface area contributed by atoms with Gasteiger partial charge in [-0.15, -0.1) is 35.7 Å².